The molecule has 1 aromatic heterocycles. The smallest absolute Gasteiger partial charge is 0.339 e. The minimum absolute atomic E-state index is 0.0633. The standard InChI is InChI=1S/C18H14BrNO5S/c1-12-11-15(8-9-16(12)19)26(22,23)25-14-6-4-13(5-7-14)20-18(21)17-3-2-10-24-17/h2-11H,1H3,(H,20,21). The minimum Gasteiger partial charge on any atom is -0.459 e. The lowest BCUT2D eigenvalue weighted by atomic mass is 10.2. The molecule has 0 atom stereocenters. The van der Waals surface area contributed by atoms with E-state index >= 15 is 0 Å². The van der Waals surface area contributed by atoms with E-state index in [0.717, 1.165) is 10.0 Å². The van der Waals surface area contributed by atoms with Crippen LogP contribution in [0.5, 0.6) is 5.75 Å². The van der Waals surface area contributed by atoms with Gasteiger partial charge in [-0.1, -0.05) is 15.9 Å². The number of amides is 1. The third-order valence-electron chi connectivity index (χ3n) is 3.48. The van der Waals surface area contributed by atoms with Gasteiger partial charge in [-0.25, -0.2) is 0 Å². The predicted molar refractivity (Wildman–Crippen MR) is 99.8 cm³/mol. The number of furan rings is 1. The van der Waals surface area contributed by atoms with Crippen molar-refractivity contribution in [2.24, 2.45) is 0 Å². The zero-order valence-electron chi connectivity index (χ0n) is 13.6. The van der Waals surface area contributed by atoms with Crippen LogP contribution in [-0.4, -0.2) is 14.3 Å². The van der Waals surface area contributed by atoms with Crippen LogP contribution in [0.1, 0.15) is 16.1 Å². The van der Waals surface area contributed by atoms with Crippen LogP contribution in [0.2, 0.25) is 0 Å². The van der Waals surface area contributed by atoms with Gasteiger partial charge in [0.1, 0.15) is 10.6 Å². The lowest BCUT2D eigenvalue weighted by Gasteiger charge is -2.09. The first kappa shape index (κ1) is 18.2. The summed E-state index contributed by atoms with van der Waals surface area (Å²) in [7, 11) is -3.95. The molecule has 1 amide bonds. The van der Waals surface area contributed by atoms with Crippen LogP contribution >= 0.6 is 15.9 Å². The van der Waals surface area contributed by atoms with Crippen molar-refractivity contribution in [3.63, 3.8) is 0 Å². The molecule has 0 fully saturated rings. The van der Waals surface area contributed by atoms with Crippen molar-refractivity contribution < 1.29 is 21.8 Å². The Kier molecular flexibility index (Phi) is 5.15. The van der Waals surface area contributed by atoms with Gasteiger partial charge in [0.05, 0.1) is 6.26 Å². The summed E-state index contributed by atoms with van der Waals surface area (Å²) >= 11 is 3.33. The first-order chi connectivity index (χ1) is 12.3. The van der Waals surface area contributed by atoms with E-state index in [4.69, 9.17) is 8.60 Å². The Bertz CT molecular complexity index is 1030. The first-order valence-corrected chi connectivity index (χ1v) is 9.71. The number of halogens is 1. The Morgan fingerprint density at radius 2 is 1.85 bits per heavy atom. The zero-order chi connectivity index (χ0) is 18.7. The molecule has 0 bridgehead atoms. The molecule has 0 aliphatic heterocycles. The first-order valence-electron chi connectivity index (χ1n) is 7.51. The maximum atomic E-state index is 12.4. The lowest BCUT2D eigenvalue weighted by molar-refractivity contribution is 0.0996. The summed E-state index contributed by atoms with van der Waals surface area (Å²) < 4.78 is 35.7. The summed E-state index contributed by atoms with van der Waals surface area (Å²) in [6, 6.07) is 13.8. The van der Waals surface area contributed by atoms with Crippen molar-refractivity contribution >= 4 is 37.6 Å². The minimum atomic E-state index is -3.95. The van der Waals surface area contributed by atoms with Crippen LogP contribution in [0.25, 0.3) is 0 Å². The summed E-state index contributed by atoms with van der Waals surface area (Å²) in [4.78, 5) is 12.0. The summed E-state index contributed by atoms with van der Waals surface area (Å²) in [5, 5.41) is 2.64. The highest BCUT2D eigenvalue weighted by molar-refractivity contribution is 9.10. The Balaban J connectivity index is 1.72. The number of rotatable bonds is 5. The summed E-state index contributed by atoms with van der Waals surface area (Å²) in [5.41, 5.74) is 1.27. The van der Waals surface area contributed by atoms with Crippen LogP contribution in [-0.2, 0) is 10.1 Å². The van der Waals surface area contributed by atoms with Crippen molar-refractivity contribution in [1.29, 1.82) is 0 Å². The molecule has 2 aromatic carbocycles. The Morgan fingerprint density at radius 3 is 2.46 bits per heavy atom. The number of carbonyl (C=O) groups is 1. The van der Waals surface area contributed by atoms with Gasteiger partial charge in [0, 0.05) is 10.2 Å². The molecule has 1 heterocycles. The molecule has 6 nitrogen and oxygen atoms in total. The number of hydrogen-bond acceptors (Lipinski definition) is 5. The number of benzene rings is 2. The number of aryl methyl sites for hydroxylation is 1. The van der Waals surface area contributed by atoms with Gasteiger partial charge in [0.2, 0.25) is 0 Å². The molecule has 0 spiro atoms. The van der Waals surface area contributed by atoms with Crippen LogP contribution in [0.4, 0.5) is 5.69 Å². The topological polar surface area (TPSA) is 85.6 Å². The third kappa shape index (κ3) is 4.14. The molecule has 0 radical (unpaired) electrons. The summed E-state index contributed by atoms with van der Waals surface area (Å²) in [6.07, 6.45) is 1.40. The van der Waals surface area contributed by atoms with Crippen LogP contribution < -0.4 is 9.50 Å². The SMILES string of the molecule is Cc1cc(S(=O)(=O)Oc2ccc(NC(=O)c3ccco3)cc2)ccc1Br. The van der Waals surface area contributed by atoms with Crippen molar-refractivity contribution in [3.8, 4) is 5.75 Å². The fraction of sp³-hybridized carbons (Fsp3) is 0.0556. The van der Waals surface area contributed by atoms with E-state index in [1.54, 1.807) is 37.3 Å². The van der Waals surface area contributed by atoms with Crippen molar-refractivity contribution in [3.05, 3.63) is 76.7 Å². The fourth-order valence-electron chi connectivity index (χ4n) is 2.14. The van der Waals surface area contributed by atoms with E-state index in [9.17, 15) is 13.2 Å². The second-order valence-corrected chi connectivity index (χ2v) is 7.80. The second kappa shape index (κ2) is 7.35. The molecule has 1 N–H and O–H groups in total. The number of hydrogen-bond donors (Lipinski definition) is 1. The summed E-state index contributed by atoms with van der Waals surface area (Å²) in [6.45, 7) is 1.79. The van der Waals surface area contributed by atoms with E-state index in [1.807, 2.05) is 0 Å². The normalized spacial score (nSPS) is 11.2. The number of carbonyl (C=O) groups excluding carboxylic acids is 1. The molecule has 26 heavy (non-hydrogen) atoms. The number of anilines is 1. The van der Waals surface area contributed by atoms with Gasteiger partial charge in [-0.2, -0.15) is 8.42 Å². The van der Waals surface area contributed by atoms with Crippen LogP contribution in [0.3, 0.4) is 0 Å². The molecule has 3 aromatic rings. The Morgan fingerprint density at radius 1 is 1.12 bits per heavy atom. The van der Waals surface area contributed by atoms with E-state index < -0.39 is 16.0 Å². The molecule has 0 saturated heterocycles. The van der Waals surface area contributed by atoms with Gasteiger partial charge in [-0.15, -0.1) is 0 Å². The van der Waals surface area contributed by atoms with Gasteiger partial charge in [0.15, 0.2) is 5.76 Å². The molecule has 0 aliphatic carbocycles. The average molecular weight is 436 g/mol. The highest BCUT2D eigenvalue weighted by Gasteiger charge is 2.17. The maximum absolute atomic E-state index is 12.4. The molecular formula is C18H14BrNO5S. The quantitative estimate of drug-likeness (QED) is 0.601. The maximum Gasteiger partial charge on any atom is 0.339 e. The van der Waals surface area contributed by atoms with E-state index in [2.05, 4.69) is 21.2 Å². The highest BCUT2D eigenvalue weighted by Crippen LogP contribution is 2.24. The Labute approximate surface area is 159 Å². The molecule has 3 rings (SSSR count). The predicted octanol–water partition coefficient (Wildman–Crippen LogP) is 4.37. The third-order valence-corrected chi connectivity index (χ3v) is 5.61. The average Bonchev–Trinajstić information content (AvgIpc) is 3.13. The Hall–Kier alpha value is -2.58. The number of nitrogens with one attached hydrogen (secondary N) is 1. The second-order valence-electron chi connectivity index (χ2n) is 5.40. The monoisotopic (exact) mass is 435 g/mol. The van der Waals surface area contributed by atoms with Crippen molar-refractivity contribution in [2.75, 3.05) is 5.32 Å². The molecule has 0 unspecified atom stereocenters. The highest BCUT2D eigenvalue weighted by atomic mass is 79.9. The largest absolute Gasteiger partial charge is 0.459 e. The van der Waals surface area contributed by atoms with Crippen molar-refractivity contribution in [1.82, 2.24) is 0 Å². The summed E-state index contributed by atoms with van der Waals surface area (Å²) in [5.74, 6) is -0.0818. The molecule has 0 saturated carbocycles. The molecule has 134 valence electrons. The molecular weight excluding hydrogens is 422 g/mol. The zero-order valence-corrected chi connectivity index (χ0v) is 16.0. The van der Waals surface area contributed by atoms with E-state index in [1.165, 1.54) is 30.5 Å². The van der Waals surface area contributed by atoms with Gasteiger partial charge >= 0.3 is 10.1 Å². The van der Waals surface area contributed by atoms with E-state index in [0.29, 0.717) is 5.69 Å². The van der Waals surface area contributed by atoms with Crippen LogP contribution in [0.15, 0.2) is 74.6 Å². The van der Waals surface area contributed by atoms with E-state index in [-0.39, 0.29) is 16.4 Å². The van der Waals surface area contributed by atoms with Gasteiger partial charge in [-0.05, 0) is 67.1 Å². The van der Waals surface area contributed by atoms with Gasteiger partial charge in [0.25, 0.3) is 5.91 Å². The lowest BCUT2D eigenvalue weighted by Crippen LogP contribution is -2.11. The van der Waals surface area contributed by atoms with Gasteiger partial charge < -0.3 is 13.9 Å². The van der Waals surface area contributed by atoms with Gasteiger partial charge in [-0.3, -0.25) is 4.79 Å². The molecule has 0 aliphatic rings. The van der Waals surface area contributed by atoms with Crippen LogP contribution in [0, 0.1) is 6.92 Å². The van der Waals surface area contributed by atoms with Crippen molar-refractivity contribution in [2.45, 2.75) is 11.8 Å². The fourth-order valence-corrected chi connectivity index (χ4v) is 3.40. The molecule has 8 heteroatoms.